The van der Waals surface area contributed by atoms with Gasteiger partial charge in [0, 0.05) is 12.6 Å². The Morgan fingerprint density at radius 2 is 2.44 bits per heavy atom. The van der Waals surface area contributed by atoms with Gasteiger partial charge in [-0.05, 0) is 42.6 Å². The first-order chi connectivity index (χ1) is 8.39. The third-order valence-corrected chi connectivity index (χ3v) is 4.42. The number of hydrogen-bond donors (Lipinski definition) is 1. The summed E-state index contributed by atoms with van der Waals surface area (Å²) in [4.78, 5) is 17.5. The molecular weight excluding hydrogens is 318 g/mol. The maximum absolute atomic E-state index is 11.7. The summed E-state index contributed by atoms with van der Waals surface area (Å²) in [6, 6.07) is -0.413. The molecule has 2 heterocycles. The quantitative estimate of drug-likeness (QED) is 0.904. The van der Waals surface area contributed by atoms with Crippen LogP contribution in [0.4, 0.5) is 9.93 Å². The Labute approximate surface area is 118 Å². The lowest BCUT2D eigenvalue weighted by Crippen LogP contribution is -2.50. The van der Waals surface area contributed by atoms with Gasteiger partial charge in [0.1, 0.15) is 0 Å². The van der Waals surface area contributed by atoms with Crippen molar-refractivity contribution in [3.8, 4) is 0 Å². The van der Waals surface area contributed by atoms with Gasteiger partial charge in [0.05, 0.1) is 15.6 Å². The second kappa shape index (κ2) is 5.14. The molecule has 0 aromatic carbocycles. The number of halogens is 1. The molecule has 1 aromatic heterocycles. The Hall–Kier alpha value is -0.660. The maximum Gasteiger partial charge on any atom is 0.321 e. The third kappa shape index (κ3) is 3.02. The monoisotopic (exact) mass is 333 g/mol. The molecule has 18 heavy (non-hydrogen) atoms. The van der Waals surface area contributed by atoms with Crippen LogP contribution in [-0.4, -0.2) is 29.3 Å². The average molecular weight is 334 g/mol. The summed E-state index contributed by atoms with van der Waals surface area (Å²) >= 11 is 4.76. The van der Waals surface area contributed by atoms with Crippen LogP contribution in [0.3, 0.4) is 0 Å². The van der Waals surface area contributed by atoms with Crippen LogP contribution in [-0.2, 0) is 4.74 Å². The predicted molar refractivity (Wildman–Crippen MR) is 74.9 cm³/mol. The standard InChI is InChI=1S/C11H16BrN3O2S/c1-11(2)5-7(3-4-17-11)15(9(13)16)10-14-6-8(12)18-10/h6-7H,3-5H2,1-2H3,(H2,13,16). The number of primary amides is 1. The summed E-state index contributed by atoms with van der Waals surface area (Å²) in [5, 5.41) is 0.636. The number of hydrogen-bond acceptors (Lipinski definition) is 4. The van der Waals surface area contributed by atoms with Crippen molar-refractivity contribution in [3.05, 3.63) is 9.98 Å². The van der Waals surface area contributed by atoms with Crippen LogP contribution < -0.4 is 10.6 Å². The van der Waals surface area contributed by atoms with Gasteiger partial charge < -0.3 is 10.5 Å². The van der Waals surface area contributed by atoms with Crippen molar-refractivity contribution in [2.75, 3.05) is 11.5 Å². The fraction of sp³-hybridized carbons (Fsp3) is 0.636. The van der Waals surface area contributed by atoms with Crippen molar-refractivity contribution in [1.29, 1.82) is 0 Å². The van der Waals surface area contributed by atoms with Gasteiger partial charge in [0.25, 0.3) is 0 Å². The summed E-state index contributed by atoms with van der Waals surface area (Å²) < 4.78 is 6.55. The largest absolute Gasteiger partial charge is 0.375 e. The Kier molecular flexibility index (Phi) is 3.93. The van der Waals surface area contributed by atoms with E-state index in [2.05, 4.69) is 20.9 Å². The van der Waals surface area contributed by atoms with E-state index in [0.29, 0.717) is 11.7 Å². The highest BCUT2D eigenvalue weighted by atomic mass is 79.9. The van der Waals surface area contributed by atoms with E-state index in [-0.39, 0.29) is 11.6 Å². The molecule has 0 aliphatic carbocycles. The number of aromatic nitrogens is 1. The van der Waals surface area contributed by atoms with Gasteiger partial charge in [-0.25, -0.2) is 9.78 Å². The molecule has 2 amide bonds. The Morgan fingerprint density at radius 3 is 2.94 bits per heavy atom. The van der Waals surface area contributed by atoms with Crippen molar-refractivity contribution >= 4 is 38.4 Å². The maximum atomic E-state index is 11.7. The lowest BCUT2D eigenvalue weighted by Gasteiger charge is -2.39. The summed E-state index contributed by atoms with van der Waals surface area (Å²) in [7, 11) is 0. The number of urea groups is 1. The first kappa shape index (κ1) is 13.8. The van der Waals surface area contributed by atoms with Crippen molar-refractivity contribution in [3.63, 3.8) is 0 Å². The predicted octanol–water partition coefficient (Wildman–Crippen LogP) is 2.75. The molecular formula is C11H16BrN3O2S. The molecule has 0 saturated carbocycles. The van der Waals surface area contributed by atoms with E-state index < -0.39 is 6.03 Å². The number of nitrogens with zero attached hydrogens (tertiary/aromatic N) is 2. The number of amides is 2. The van der Waals surface area contributed by atoms with Gasteiger partial charge in [-0.3, -0.25) is 4.90 Å². The van der Waals surface area contributed by atoms with Crippen molar-refractivity contribution in [1.82, 2.24) is 4.98 Å². The van der Waals surface area contributed by atoms with Crippen molar-refractivity contribution in [2.45, 2.75) is 38.3 Å². The van der Waals surface area contributed by atoms with E-state index >= 15 is 0 Å². The first-order valence-electron chi connectivity index (χ1n) is 5.73. The SMILES string of the molecule is CC1(C)CC(N(C(N)=O)c2ncc(Br)s2)CCO1. The zero-order chi connectivity index (χ0) is 13.3. The number of carbonyl (C=O) groups is 1. The van der Waals surface area contributed by atoms with Crippen LogP contribution in [0.5, 0.6) is 0 Å². The fourth-order valence-electron chi connectivity index (χ4n) is 2.21. The molecule has 2 rings (SSSR count). The van der Waals surface area contributed by atoms with E-state index in [1.54, 1.807) is 11.1 Å². The van der Waals surface area contributed by atoms with E-state index in [4.69, 9.17) is 10.5 Å². The Morgan fingerprint density at radius 1 is 1.72 bits per heavy atom. The summed E-state index contributed by atoms with van der Waals surface area (Å²) in [6.45, 7) is 4.68. The topological polar surface area (TPSA) is 68.5 Å². The first-order valence-corrected chi connectivity index (χ1v) is 7.34. The number of carbonyl (C=O) groups excluding carboxylic acids is 1. The van der Waals surface area contributed by atoms with Gasteiger partial charge in [-0.15, -0.1) is 0 Å². The van der Waals surface area contributed by atoms with Gasteiger partial charge in [0.2, 0.25) is 0 Å². The molecule has 0 bridgehead atoms. The average Bonchev–Trinajstić information content (AvgIpc) is 2.63. The van der Waals surface area contributed by atoms with Crippen LogP contribution >= 0.6 is 27.3 Å². The Balaban J connectivity index is 2.23. The van der Waals surface area contributed by atoms with Gasteiger partial charge in [0.15, 0.2) is 5.13 Å². The molecule has 1 aliphatic heterocycles. The number of rotatable bonds is 2. The number of nitrogens with two attached hydrogens (primary N) is 1. The lowest BCUT2D eigenvalue weighted by atomic mass is 9.93. The summed E-state index contributed by atoms with van der Waals surface area (Å²) in [5.41, 5.74) is 5.26. The van der Waals surface area contributed by atoms with Crippen LogP contribution in [0.25, 0.3) is 0 Å². The van der Waals surface area contributed by atoms with Crippen LogP contribution in [0.1, 0.15) is 26.7 Å². The van der Waals surface area contributed by atoms with E-state index in [0.717, 1.165) is 16.6 Å². The molecule has 5 nitrogen and oxygen atoms in total. The second-order valence-electron chi connectivity index (χ2n) is 4.91. The van der Waals surface area contributed by atoms with Crippen LogP contribution in [0.15, 0.2) is 9.98 Å². The molecule has 1 aliphatic rings. The molecule has 1 fully saturated rings. The molecule has 1 atom stereocenters. The molecule has 100 valence electrons. The summed E-state index contributed by atoms with van der Waals surface area (Å²) in [5.74, 6) is 0. The van der Waals surface area contributed by atoms with Crippen molar-refractivity contribution in [2.24, 2.45) is 5.73 Å². The molecule has 7 heteroatoms. The minimum Gasteiger partial charge on any atom is -0.375 e. The minimum atomic E-state index is -0.459. The number of anilines is 1. The molecule has 1 aromatic rings. The van der Waals surface area contributed by atoms with E-state index in [9.17, 15) is 4.79 Å². The molecule has 1 saturated heterocycles. The molecule has 0 spiro atoms. The smallest absolute Gasteiger partial charge is 0.321 e. The number of thiazole rings is 1. The van der Waals surface area contributed by atoms with Gasteiger partial charge >= 0.3 is 6.03 Å². The van der Waals surface area contributed by atoms with Gasteiger partial charge in [-0.2, -0.15) is 0 Å². The lowest BCUT2D eigenvalue weighted by molar-refractivity contribution is -0.0578. The van der Waals surface area contributed by atoms with Crippen molar-refractivity contribution < 1.29 is 9.53 Å². The highest BCUT2D eigenvalue weighted by molar-refractivity contribution is 9.11. The number of ether oxygens (including phenoxy) is 1. The zero-order valence-corrected chi connectivity index (χ0v) is 12.8. The highest BCUT2D eigenvalue weighted by Gasteiger charge is 2.35. The normalized spacial score (nSPS) is 22.7. The minimum absolute atomic E-state index is 0.0456. The van der Waals surface area contributed by atoms with E-state index in [1.165, 1.54) is 11.3 Å². The fourth-order valence-corrected chi connectivity index (χ4v) is 3.47. The van der Waals surface area contributed by atoms with Crippen LogP contribution in [0, 0.1) is 0 Å². The summed E-state index contributed by atoms with van der Waals surface area (Å²) in [6.07, 6.45) is 3.22. The highest BCUT2D eigenvalue weighted by Crippen LogP contribution is 2.33. The molecule has 2 N–H and O–H groups in total. The second-order valence-corrected chi connectivity index (χ2v) is 7.30. The van der Waals surface area contributed by atoms with Gasteiger partial charge in [-0.1, -0.05) is 11.3 Å². The Bertz CT molecular complexity index is 449. The third-order valence-electron chi connectivity index (χ3n) is 2.95. The van der Waals surface area contributed by atoms with E-state index in [1.807, 2.05) is 13.8 Å². The van der Waals surface area contributed by atoms with Crippen LogP contribution in [0.2, 0.25) is 0 Å². The zero-order valence-electron chi connectivity index (χ0n) is 10.4. The molecule has 1 unspecified atom stereocenters. The molecule has 0 radical (unpaired) electrons.